The molecule has 0 amide bonds. The van der Waals surface area contributed by atoms with Gasteiger partial charge in [-0.15, -0.1) is 13.2 Å². The highest BCUT2D eigenvalue weighted by Gasteiger charge is 2.31. The summed E-state index contributed by atoms with van der Waals surface area (Å²) in [5, 5.41) is 2.85. The minimum absolute atomic E-state index is 0.257. The van der Waals surface area contributed by atoms with Gasteiger partial charge in [0, 0.05) is 28.4 Å². The van der Waals surface area contributed by atoms with E-state index in [1.807, 2.05) is 48.9 Å². The SMILES string of the molecule is CCOc1nc2ccccc2c2cn(-c3ccc(OC(F)(F)F)cc3)c(C)c12. The molecule has 0 fully saturated rings. The molecule has 7 heteroatoms. The molecule has 2 aromatic carbocycles. The smallest absolute Gasteiger partial charge is 0.477 e. The van der Waals surface area contributed by atoms with Crippen LogP contribution in [0.15, 0.2) is 54.7 Å². The van der Waals surface area contributed by atoms with E-state index in [0.29, 0.717) is 12.5 Å². The van der Waals surface area contributed by atoms with E-state index in [-0.39, 0.29) is 5.75 Å². The van der Waals surface area contributed by atoms with Crippen LogP contribution >= 0.6 is 0 Å². The highest BCUT2D eigenvalue weighted by Crippen LogP contribution is 2.36. The maximum atomic E-state index is 12.4. The predicted octanol–water partition coefficient (Wildman–Crippen LogP) is 5.78. The van der Waals surface area contributed by atoms with E-state index in [1.165, 1.54) is 12.1 Å². The van der Waals surface area contributed by atoms with Crippen LogP contribution in [0.1, 0.15) is 12.6 Å². The average Bonchev–Trinajstić information content (AvgIpc) is 2.99. The largest absolute Gasteiger partial charge is 0.573 e. The Hall–Kier alpha value is -3.22. The molecule has 0 aliphatic heterocycles. The molecule has 144 valence electrons. The van der Waals surface area contributed by atoms with E-state index in [0.717, 1.165) is 33.1 Å². The third kappa shape index (κ3) is 3.24. The third-order valence-electron chi connectivity index (χ3n) is 4.51. The van der Waals surface area contributed by atoms with Crippen molar-refractivity contribution in [2.24, 2.45) is 0 Å². The van der Waals surface area contributed by atoms with Gasteiger partial charge in [0.15, 0.2) is 0 Å². The van der Waals surface area contributed by atoms with Crippen molar-refractivity contribution in [3.8, 4) is 17.3 Å². The highest BCUT2D eigenvalue weighted by atomic mass is 19.4. The molecule has 0 saturated carbocycles. The van der Waals surface area contributed by atoms with E-state index >= 15 is 0 Å². The Morgan fingerprint density at radius 2 is 1.71 bits per heavy atom. The Labute approximate surface area is 159 Å². The van der Waals surface area contributed by atoms with Crippen molar-refractivity contribution in [2.45, 2.75) is 20.2 Å². The maximum Gasteiger partial charge on any atom is 0.573 e. The molecular formula is C21H17F3N2O2. The molecule has 4 rings (SSSR count). The second kappa shape index (κ2) is 6.74. The molecule has 0 aliphatic rings. The number of aromatic nitrogens is 2. The summed E-state index contributed by atoms with van der Waals surface area (Å²) in [7, 11) is 0. The van der Waals surface area contributed by atoms with Gasteiger partial charge in [0.25, 0.3) is 0 Å². The zero-order chi connectivity index (χ0) is 19.9. The quantitative estimate of drug-likeness (QED) is 0.446. The number of ether oxygens (including phenoxy) is 2. The molecule has 2 aromatic heterocycles. The van der Waals surface area contributed by atoms with Crippen molar-refractivity contribution in [1.82, 2.24) is 9.55 Å². The molecule has 4 nitrogen and oxygen atoms in total. The molecule has 0 bridgehead atoms. The number of fused-ring (bicyclic) bond motifs is 3. The van der Waals surface area contributed by atoms with Crippen LogP contribution in [0.4, 0.5) is 13.2 Å². The lowest BCUT2D eigenvalue weighted by atomic mass is 10.1. The molecule has 0 saturated heterocycles. The fourth-order valence-electron chi connectivity index (χ4n) is 3.36. The van der Waals surface area contributed by atoms with Gasteiger partial charge in [0.1, 0.15) is 5.75 Å². The van der Waals surface area contributed by atoms with Crippen LogP contribution in [-0.4, -0.2) is 22.5 Å². The number of aryl methyl sites for hydroxylation is 1. The predicted molar refractivity (Wildman–Crippen MR) is 101 cm³/mol. The van der Waals surface area contributed by atoms with Crippen LogP contribution in [0.2, 0.25) is 0 Å². The van der Waals surface area contributed by atoms with Gasteiger partial charge in [-0.25, -0.2) is 4.98 Å². The van der Waals surface area contributed by atoms with Crippen molar-refractivity contribution in [2.75, 3.05) is 6.61 Å². The Morgan fingerprint density at radius 1 is 1.00 bits per heavy atom. The van der Waals surface area contributed by atoms with Gasteiger partial charge >= 0.3 is 6.36 Å². The van der Waals surface area contributed by atoms with Gasteiger partial charge in [-0.05, 0) is 44.2 Å². The number of rotatable bonds is 4. The maximum absolute atomic E-state index is 12.4. The minimum atomic E-state index is -4.71. The second-order valence-corrected chi connectivity index (χ2v) is 6.28. The standard InChI is InChI=1S/C21H17F3N2O2/c1-3-27-20-19-13(2)26(12-17(19)16-6-4-5-7-18(16)25-20)14-8-10-15(11-9-14)28-21(22,23)24/h4-12H,3H2,1-2H3. The molecule has 0 atom stereocenters. The van der Waals surface area contributed by atoms with Crippen LogP contribution < -0.4 is 9.47 Å². The molecule has 0 radical (unpaired) electrons. The zero-order valence-corrected chi connectivity index (χ0v) is 15.2. The number of alkyl halides is 3. The number of para-hydroxylation sites is 1. The number of benzene rings is 2. The van der Waals surface area contributed by atoms with E-state index in [9.17, 15) is 13.2 Å². The summed E-state index contributed by atoms with van der Waals surface area (Å²) in [5.74, 6) is 0.289. The zero-order valence-electron chi connectivity index (χ0n) is 15.2. The summed E-state index contributed by atoms with van der Waals surface area (Å²) in [6, 6.07) is 13.5. The summed E-state index contributed by atoms with van der Waals surface area (Å²) < 4.78 is 48.8. The summed E-state index contributed by atoms with van der Waals surface area (Å²) in [6.07, 6.45) is -2.76. The first-order valence-electron chi connectivity index (χ1n) is 8.77. The van der Waals surface area contributed by atoms with Gasteiger partial charge in [0.05, 0.1) is 17.5 Å². The molecule has 0 unspecified atom stereocenters. The fraction of sp³-hybridized carbons (Fsp3) is 0.190. The van der Waals surface area contributed by atoms with Gasteiger partial charge in [0.2, 0.25) is 5.88 Å². The highest BCUT2D eigenvalue weighted by molar-refractivity contribution is 6.09. The first-order valence-corrected chi connectivity index (χ1v) is 8.77. The van der Waals surface area contributed by atoms with E-state index in [4.69, 9.17) is 4.74 Å². The third-order valence-corrected chi connectivity index (χ3v) is 4.51. The van der Waals surface area contributed by atoms with Gasteiger partial charge < -0.3 is 14.0 Å². The minimum Gasteiger partial charge on any atom is -0.477 e. The second-order valence-electron chi connectivity index (χ2n) is 6.28. The Kier molecular flexibility index (Phi) is 4.37. The lowest BCUT2D eigenvalue weighted by molar-refractivity contribution is -0.274. The van der Waals surface area contributed by atoms with Crippen LogP contribution in [0.25, 0.3) is 27.4 Å². The Morgan fingerprint density at radius 3 is 2.39 bits per heavy atom. The summed E-state index contributed by atoms with van der Waals surface area (Å²) >= 11 is 0. The number of halogens is 3. The monoisotopic (exact) mass is 386 g/mol. The first kappa shape index (κ1) is 18.2. The topological polar surface area (TPSA) is 36.3 Å². The summed E-state index contributed by atoms with van der Waals surface area (Å²) in [6.45, 7) is 4.31. The van der Waals surface area contributed by atoms with Crippen LogP contribution in [0, 0.1) is 6.92 Å². The van der Waals surface area contributed by atoms with Crippen molar-refractivity contribution in [3.05, 3.63) is 60.4 Å². The molecule has 4 aromatic rings. The molecule has 28 heavy (non-hydrogen) atoms. The molecule has 0 aliphatic carbocycles. The number of nitrogens with zero attached hydrogens (tertiary/aromatic N) is 2. The van der Waals surface area contributed by atoms with E-state index < -0.39 is 6.36 Å². The fourth-order valence-corrected chi connectivity index (χ4v) is 3.36. The van der Waals surface area contributed by atoms with Crippen LogP contribution in [0.5, 0.6) is 11.6 Å². The van der Waals surface area contributed by atoms with Gasteiger partial charge in [-0.1, -0.05) is 18.2 Å². The Bertz CT molecular complexity index is 1150. The summed E-state index contributed by atoms with van der Waals surface area (Å²) in [4.78, 5) is 4.63. The van der Waals surface area contributed by atoms with Gasteiger partial charge in [-0.2, -0.15) is 0 Å². The Balaban J connectivity index is 1.87. The average molecular weight is 386 g/mol. The number of pyridine rings is 1. The summed E-state index contributed by atoms with van der Waals surface area (Å²) in [5.41, 5.74) is 2.43. The number of hydrogen-bond donors (Lipinski definition) is 0. The number of hydrogen-bond acceptors (Lipinski definition) is 3. The van der Waals surface area contributed by atoms with Crippen molar-refractivity contribution in [3.63, 3.8) is 0 Å². The van der Waals surface area contributed by atoms with Crippen LogP contribution in [0.3, 0.4) is 0 Å². The van der Waals surface area contributed by atoms with Crippen molar-refractivity contribution >= 4 is 21.7 Å². The van der Waals surface area contributed by atoms with E-state index in [2.05, 4.69) is 9.72 Å². The van der Waals surface area contributed by atoms with Gasteiger partial charge in [-0.3, -0.25) is 0 Å². The lowest BCUT2D eigenvalue weighted by Gasteiger charge is -2.11. The van der Waals surface area contributed by atoms with Crippen molar-refractivity contribution < 1.29 is 22.6 Å². The molecule has 2 heterocycles. The lowest BCUT2D eigenvalue weighted by Crippen LogP contribution is -2.17. The molecule has 0 spiro atoms. The normalized spacial score (nSPS) is 11.9. The van der Waals surface area contributed by atoms with E-state index in [1.54, 1.807) is 12.1 Å². The molecule has 0 N–H and O–H groups in total. The van der Waals surface area contributed by atoms with Crippen LogP contribution in [-0.2, 0) is 0 Å². The first-order chi connectivity index (χ1) is 13.4. The molecular weight excluding hydrogens is 369 g/mol. The van der Waals surface area contributed by atoms with Crippen molar-refractivity contribution in [1.29, 1.82) is 0 Å².